The number of hydrogen-bond donors (Lipinski definition) is 2. The summed E-state index contributed by atoms with van der Waals surface area (Å²) in [4.78, 5) is 17.7. The second-order valence-corrected chi connectivity index (χ2v) is 7.26. The molecule has 96 valence electrons. The number of nitrogen functional groups attached to an aromatic ring is 1. The fraction of sp³-hybridized carbons (Fsp3) is 0.273. The van der Waals surface area contributed by atoms with Crippen LogP contribution in [0.1, 0.15) is 20.2 Å². The van der Waals surface area contributed by atoms with Gasteiger partial charge >= 0.3 is 0 Å². The maximum atomic E-state index is 11.9. The molecule has 0 unspecified atom stereocenters. The van der Waals surface area contributed by atoms with E-state index in [9.17, 15) is 4.79 Å². The van der Waals surface area contributed by atoms with Gasteiger partial charge in [-0.25, -0.2) is 4.98 Å². The number of anilines is 1. The molecule has 0 radical (unpaired) electrons. The summed E-state index contributed by atoms with van der Waals surface area (Å²) in [7, 11) is 0. The zero-order valence-electron chi connectivity index (χ0n) is 9.70. The second kappa shape index (κ2) is 5.81. The number of carbonyl (C=O) groups excluding carboxylic acids is 1. The first-order valence-electron chi connectivity index (χ1n) is 5.31. The first-order chi connectivity index (χ1) is 8.56. The fourth-order valence-electron chi connectivity index (χ4n) is 1.49. The Morgan fingerprint density at radius 2 is 2.28 bits per heavy atom. The predicted octanol–water partition coefficient (Wildman–Crippen LogP) is 2.83. The number of amides is 1. The van der Waals surface area contributed by atoms with Gasteiger partial charge in [0, 0.05) is 11.4 Å². The van der Waals surface area contributed by atoms with E-state index in [0.717, 1.165) is 10.2 Å². The maximum absolute atomic E-state index is 11.9. The van der Waals surface area contributed by atoms with Crippen molar-refractivity contribution < 1.29 is 4.79 Å². The molecular formula is C11H12BrN3OS2. The molecule has 0 saturated heterocycles. The van der Waals surface area contributed by atoms with Crippen molar-refractivity contribution in [1.29, 1.82) is 0 Å². The topological polar surface area (TPSA) is 68.0 Å². The Kier molecular flexibility index (Phi) is 4.36. The molecule has 0 spiro atoms. The number of nitrogens with two attached hydrogens (primary N) is 1. The summed E-state index contributed by atoms with van der Waals surface area (Å²) in [5.41, 5.74) is 6.25. The van der Waals surface area contributed by atoms with Crippen molar-refractivity contribution >= 4 is 49.6 Å². The molecule has 1 amide bonds. The number of nitrogens with zero attached hydrogens (tertiary/aromatic N) is 1. The monoisotopic (exact) mass is 345 g/mol. The molecule has 0 bridgehead atoms. The largest absolute Gasteiger partial charge is 0.375 e. The van der Waals surface area contributed by atoms with Crippen molar-refractivity contribution in [2.45, 2.75) is 13.3 Å². The smallest absolute Gasteiger partial charge is 0.263 e. The van der Waals surface area contributed by atoms with Crippen molar-refractivity contribution in [2.24, 2.45) is 0 Å². The number of thiophene rings is 1. The predicted molar refractivity (Wildman–Crippen MR) is 79.3 cm³/mol. The number of aryl methyl sites for hydroxylation is 1. The third-order valence-corrected chi connectivity index (χ3v) is 4.97. The fourth-order valence-corrected chi connectivity index (χ4v) is 3.73. The molecule has 0 aliphatic heterocycles. The Labute approximate surface area is 121 Å². The first kappa shape index (κ1) is 13.5. The van der Waals surface area contributed by atoms with Crippen LogP contribution in [-0.2, 0) is 6.42 Å². The highest BCUT2D eigenvalue weighted by atomic mass is 79.9. The molecule has 4 nitrogen and oxygen atoms in total. The van der Waals surface area contributed by atoms with E-state index in [2.05, 4.69) is 32.3 Å². The molecule has 0 aliphatic carbocycles. The van der Waals surface area contributed by atoms with E-state index in [1.807, 2.05) is 6.07 Å². The average Bonchev–Trinajstić information content (AvgIpc) is 2.85. The summed E-state index contributed by atoms with van der Waals surface area (Å²) < 4.78 is 1.11. The van der Waals surface area contributed by atoms with E-state index in [-0.39, 0.29) is 5.91 Å². The highest BCUT2D eigenvalue weighted by Crippen LogP contribution is 2.22. The number of halogens is 1. The van der Waals surface area contributed by atoms with Crippen LogP contribution >= 0.6 is 38.6 Å². The molecule has 2 aromatic rings. The lowest BCUT2D eigenvalue weighted by atomic mass is 10.3. The Morgan fingerprint density at radius 3 is 2.83 bits per heavy atom. The Morgan fingerprint density at radius 1 is 1.50 bits per heavy atom. The first-order valence-corrected chi connectivity index (χ1v) is 7.74. The molecule has 0 fully saturated rings. The van der Waals surface area contributed by atoms with Crippen molar-refractivity contribution in [3.63, 3.8) is 0 Å². The number of hydrogen-bond acceptors (Lipinski definition) is 5. The zero-order chi connectivity index (χ0) is 13.1. The van der Waals surface area contributed by atoms with Gasteiger partial charge in [-0.05, 0) is 41.4 Å². The van der Waals surface area contributed by atoms with Crippen LogP contribution in [0.25, 0.3) is 0 Å². The van der Waals surface area contributed by atoms with Crippen LogP contribution < -0.4 is 11.1 Å². The number of aromatic nitrogens is 1. The van der Waals surface area contributed by atoms with Crippen LogP contribution in [0.3, 0.4) is 0 Å². The van der Waals surface area contributed by atoms with E-state index in [1.54, 1.807) is 18.3 Å². The molecule has 7 heteroatoms. The lowest BCUT2D eigenvalue weighted by Gasteiger charge is -2.02. The van der Waals surface area contributed by atoms with Gasteiger partial charge in [-0.2, -0.15) is 0 Å². The minimum atomic E-state index is -0.0997. The second-order valence-electron chi connectivity index (χ2n) is 3.68. The van der Waals surface area contributed by atoms with Gasteiger partial charge in [0.15, 0.2) is 5.13 Å². The van der Waals surface area contributed by atoms with Crippen LogP contribution in [0.4, 0.5) is 5.13 Å². The maximum Gasteiger partial charge on any atom is 0.263 e. The van der Waals surface area contributed by atoms with E-state index in [0.29, 0.717) is 22.2 Å². The van der Waals surface area contributed by atoms with Crippen LogP contribution in [0.5, 0.6) is 0 Å². The van der Waals surface area contributed by atoms with E-state index in [4.69, 9.17) is 5.73 Å². The number of carbonyl (C=O) groups is 1. The van der Waals surface area contributed by atoms with Gasteiger partial charge in [0.05, 0.1) is 9.48 Å². The molecule has 18 heavy (non-hydrogen) atoms. The van der Waals surface area contributed by atoms with Crippen LogP contribution in [0.15, 0.2) is 15.9 Å². The normalized spacial score (nSPS) is 10.6. The van der Waals surface area contributed by atoms with E-state index in [1.165, 1.54) is 16.2 Å². The number of thiazole rings is 1. The zero-order valence-corrected chi connectivity index (χ0v) is 12.9. The third-order valence-electron chi connectivity index (χ3n) is 2.31. The molecule has 2 aromatic heterocycles. The Hall–Kier alpha value is -0.920. The van der Waals surface area contributed by atoms with Gasteiger partial charge in [0.2, 0.25) is 0 Å². The molecular weight excluding hydrogens is 334 g/mol. The molecule has 3 N–H and O–H groups in total. The van der Waals surface area contributed by atoms with E-state index < -0.39 is 0 Å². The van der Waals surface area contributed by atoms with Crippen molar-refractivity contribution in [3.05, 3.63) is 31.4 Å². The molecule has 0 atom stereocenters. The standard InChI is InChI=1S/C11H12BrN3OS2/c1-6-9(18-11(13)15-6)10(16)14-5-4-7-2-3-8(12)17-7/h2-3H,4-5H2,1H3,(H2,13,15)(H,14,16). The van der Waals surface area contributed by atoms with Gasteiger partial charge in [0.1, 0.15) is 4.88 Å². The number of rotatable bonds is 4. The van der Waals surface area contributed by atoms with E-state index >= 15 is 0 Å². The minimum Gasteiger partial charge on any atom is -0.375 e. The molecule has 0 saturated carbocycles. The summed E-state index contributed by atoms with van der Waals surface area (Å²) in [5, 5.41) is 3.31. The lowest BCUT2D eigenvalue weighted by Crippen LogP contribution is -2.25. The van der Waals surface area contributed by atoms with Gasteiger partial charge in [-0.15, -0.1) is 11.3 Å². The lowest BCUT2D eigenvalue weighted by molar-refractivity contribution is 0.0957. The summed E-state index contributed by atoms with van der Waals surface area (Å²) in [6, 6.07) is 4.06. The minimum absolute atomic E-state index is 0.0997. The number of nitrogens with one attached hydrogen (secondary N) is 1. The van der Waals surface area contributed by atoms with Crippen molar-refractivity contribution in [3.8, 4) is 0 Å². The Balaban J connectivity index is 1.87. The van der Waals surface area contributed by atoms with Crippen molar-refractivity contribution in [1.82, 2.24) is 10.3 Å². The molecule has 2 rings (SSSR count). The molecule has 2 heterocycles. The average molecular weight is 346 g/mol. The molecule has 0 aromatic carbocycles. The summed E-state index contributed by atoms with van der Waals surface area (Å²) in [6.07, 6.45) is 0.829. The highest BCUT2D eigenvalue weighted by molar-refractivity contribution is 9.11. The van der Waals surface area contributed by atoms with Gasteiger partial charge in [-0.3, -0.25) is 4.79 Å². The summed E-state index contributed by atoms with van der Waals surface area (Å²) in [6.45, 7) is 2.40. The van der Waals surface area contributed by atoms with Crippen molar-refractivity contribution in [2.75, 3.05) is 12.3 Å². The van der Waals surface area contributed by atoms with Gasteiger partial charge in [-0.1, -0.05) is 11.3 Å². The summed E-state index contributed by atoms with van der Waals surface area (Å²) >= 11 is 6.31. The quantitative estimate of drug-likeness (QED) is 0.895. The third kappa shape index (κ3) is 3.30. The van der Waals surface area contributed by atoms with Crippen LogP contribution in [0.2, 0.25) is 0 Å². The highest BCUT2D eigenvalue weighted by Gasteiger charge is 2.13. The van der Waals surface area contributed by atoms with Gasteiger partial charge < -0.3 is 11.1 Å². The van der Waals surface area contributed by atoms with Crippen LogP contribution in [-0.4, -0.2) is 17.4 Å². The molecule has 0 aliphatic rings. The Bertz CT molecular complexity index is 564. The SMILES string of the molecule is Cc1nc(N)sc1C(=O)NCCc1ccc(Br)s1. The van der Waals surface area contributed by atoms with Crippen LogP contribution in [0, 0.1) is 6.92 Å². The van der Waals surface area contributed by atoms with Gasteiger partial charge in [0.25, 0.3) is 5.91 Å². The summed E-state index contributed by atoms with van der Waals surface area (Å²) in [5.74, 6) is -0.0997.